The van der Waals surface area contributed by atoms with Gasteiger partial charge in [-0.1, -0.05) is 36.5 Å². The van der Waals surface area contributed by atoms with Crippen molar-refractivity contribution < 1.29 is 4.79 Å². The van der Waals surface area contributed by atoms with E-state index in [1.54, 1.807) is 17.5 Å². The average molecular weight is 352 g/mol. The Morgan fingerprint density at radius 3 is 1.88 bits per heavy atom. The quantitative estimate of drug-likeness (QED) is 0.474. The predicted molar refractivity (Wildman–Crippen MR) is 81.8 cm³/mol. The van der Waals surface area contributed by atoms with Gasteiger partial charge >= 0.3 is 0 Å². The maximum absolute atomic E-state index is 12.1. The van der Waals surface area contributed by atoms with Crippen LogP contribution in [0.3, 0.4) is 0 Å². The molecule has 17 heavy (non-hydrogen) atoms. The lowest BCUT2D eigenvalue weighted by Crippen LogP contribution is -2.01. The second kappa shape index (κ2) is 5.51. The minimum absolute atomic E-state index is 0.0392. The van der Waals surface area contributed by atoms with Gasteiger partial charge in [-0.05, 0) is 52.4 Å². The minimum atomic E-state index is 0.0392. The number of carbonyl (C=O) groups is 1. The first-order valence-electron chi connectivity index (χ1n) is 5.06. The molecule has 2 rings (SSSR count). The lowest BCUT2D eigenvalue weighted by Gasteiger charge is -2.01. The zero-order chi connectivity index (χ0) is 12.3. The molecule has 0 bridgehead atoms. The third-order valence-electron chi connectivity index (χ3n) is 2.42. The summed E-state index contributed by atoms with van der Waals surface area (Å²) in [5.41, 5.74) is 2.34. The molecule has 0 aliphatic rings. The Morgan fingerprint density at radius 1 is 0.941 bits per heavy atom. The average Bonchev–Trinajstić information content (AvgIpc) is 2.39. The summed E-state index contributed by atoms with van der Waals surface area (Å²) >= 11 is 7.04. The van der Waals surface area contributed by atoms with Crippen LogP contribution in [0.25, 0.3) is 0 Å². The molecule has 0 saturated carbocycles. The zero-order valence-electron chi connectivity index (χ0n) is 8.89. The molecule has 0 amide bonds. The van der Waals surface area contributed by atoms with E-state index in [-0.39, 0.29) is 5.78 Å². The summed E-state index contributed by atoms with van der Waals surface area (Å²) in [7, 11) is 0. The van der Waals surface area contributed by atoms with Gasteiger partial charge in [0.2, 0.25) is 0 Å². The maximum Gasteiger partial charge on any atom is 0.193 e. The van der Waals surface area contributed by atoms with Crippen LogP contribution in [0.15, 0.2) is 48.5 Å². The van der Waals surface area contributed by atoms with Crippen LogP contribution in [0.4, 0.5) is 0 Å². The van der Waals surface area contributed by atoms with Crippen molar-refractivity contribution in [1.29, 1.82) is 0 Å². The van der Waals surface area contributed by atoms with Crippen LogP contribution in [0.2, 0.25) is 0 Å². The van der Waals surface area contributed by atoms with Crippen LogP contribution in [0.1, 0.15) is 21.5 Å². The van der Waals surface area contributed by atoms with Crippen molar-refractivity contribution in [3.8, 4) is 0 Å². The van der Waals surface area contributed by atoms with E-state index in [4.69, 9.17) is 12.2 Å². The highest BCUT2D eigenvalue weighted by atomic mass is 127. The van der Waals surface area contributed by atoms with E-state index in [2.05, 4.69) is 22.6 Å². The molecular formula is C14H9IOS. The van der Waals surface area contributed by atoms with Crippen molar-refractivity contribution in [2.75, 3.05) is 0 Å². The highest BCUT2D eigenvalue weighted by molar-refractivity contribution is 14.1. The van der Waals surface area contributed by atoms with Crippen molar-refractivity contribution in [1.82, 2.24) is 0 Å². The summed E-state index contributed by atoms with van der Waals surface area (Å²) in [4.78, 5) is 12.1. The van der Waals surface area contributed by atoms with E-state index in [9.17, 15) is 4.79 Å². The molecule has 0 unspecified atom stereocenters. The van der Waals surface area contributed by atoms with Gasteiger partial charge in [-0.2, -0.15) is 0 Å². The topological polar surface area (TPSA) is 17.1 Å². The van der Waals surface area contributed by atoms with Crippen molar-refractivity contribution >= 4 is 46.0 Å². The van der Waals surface area contributed by atoms with E-state index in [0.717, 1.165) is 9.13 Å². The Morgan fingerprint density at radius 2 is 1.41 bits per heavy atom. The highest BCUT2D eigenvalue weighted by Gasteiger charge is 2.08. The first kappa shape index (κ1) is 12.4. The van der Waals surface area contributed by atoms with Gasteiger partial charge in [0.1, 0.15) is 0 Å². The molecular weight excluding hydrogens is 343 g/mol. The fourth-order valence-electron chi connectivity index (χ4n) is 1.48. The molecule has 0 aromatic heterocycles. The fourth-order valence-corrected chi connectivity index (χ4v) is 2.00. The summed E-state index contributed by atoms with van der Waals surface area (Å²) < 4.78 is 1.12. The van der Waals surface area contributed by atoms with Gasteiger partial charge in [-0.15, -0.1) is 0 Å². The fraction of sp³-hybridized carbons (Fsp3) is 0. The van der Waals surface area contributed by atoms with Gasteiger partial charge in [0.25, 0.3) is 0 Å². The van der Waals surface area contributed by atoms with Crippen LogP contribution in [-0.4, -0.2) is 11.2 Å². The summed E-state index contributed by atoms with van der Waals surface area (Å²) in [6.45, 7) is 0. The Labute approximate surface area is 119 Å². The second-order valence-corrected chi connectivity index (χ2v) is 5.06. The zero-order valence-corrected chi connectivity index (χ0v) is 11.9. The standard InChI is InChI=1S/C14H9IOS/c15-13-7-5-12(6-8-13)14(16)11-3-1-10(9-17)2-4-11/h1-9H. The van der Waals surface area contributed by atoms with Gasteiger partial charge in [0.15, 0.2) is 5.78 Å². The van der Waals surface area contributed by atoms with Crippen molar-refractivity contribution in [3.05, 3.63) is 68.8 Å². The number of ketones is 1. The van der Waals surface area contributed by atoms with E-state index in [1.807, 2.05) is 36.4 Å². The Kier molecular flexibility index (Phi) is 4.02. The van der Waals surface area contributed by atoms with Crippen LogP contribution in [0, 0.1) is 3.57 Å². The molecule has 0 N–H and O–H groups in total. The molecule has 2 aromatic rings. The molecule has 0 saturated heterocycles. The van der Waals surface area contributed by atoms with Gasteiger partial charge in [0.05, 0.1) is 0 Å². The predicted octanol–water partition coefficient (Wildman–Crippen LogP) is 3.87. The van der Waals surface area contributed by atoms with Crippen LogP contribution >= 0.6 is 34.8 Å². The van der Waals surface area contributed by atoms with Crippen molar-refractivity contribution in [3.63, 3.8) is 0 Å². The smallest absolute Gasteiger partial charge is 0.193 e. The molecule has 0 aliphatic carbocycles. The van der Waals surface area contributed by atoms with Crippen LogP contribution in [-0.2, 0) is 0 Å². The normalized spacial score (nSPS) is 9.94. The molecule has 0 atom stereocenters. The number of benzene rings is 2. The summed E-state index contributed by atoms with van der Waals surface area (Å²) in [5, 5.41) is 1.60. The van der Waals surface area contributed by atoms with Crippen LogP contribution < -0.4 is 0 Å². The third-order valence-corrected chi connectivity index (χ3v) is 3.41. The lowest BCUT2D eigenvalue weighted by atomic mass is 10.0. The molecule has 0 heterocycles. The number of hydrogen-bond acceptors (Lipinski definition) is 2. The molecule has 84 valence electrons. The highest BCUT2D eigenvalue weighted by Crippen LogP contribution is 2.12. The summed E-state index contributed by atoms with van der Waals surface area (Å²) in [6, 6.07) is 14.9. The Balaban J connectivity index is 2.30. The number of halogens is 1. The molecule has 3 heteroatoms. The number of rotatable bonds is 3. The van der Waals surface area contributed by atoms with Crippen molar-refractivity contribution in [2.45, 2.75) is 0 Å². The molecule has 0 spiro atoms. The first-order valence-corrected chi connectivity index (χ1v) is 6.61. The second-order valence-electron chi connectivity index (χ2n) is 3.58. The maximum atomic E-state index is 12.1. The molecule has 0 fully saturated rings. The number of thiocarbonyl (C=S) groups is 1. The lowest BCUT2D eigenvalue weighted by molar-refractivity contribution is 0.103. The Hall–Kier alpha value is -1.07. The van der Waals surface area contributed by atoms with Gasteiger partial charge < -0.3 is 0 Å². The SMILES string of the molecule is O=C(c1ccc(I)cc1)c1ccc(C=S)cc1. The van der Waals surface area contributed by atoms with Gasteiger partial charge in [-0.25, -0.2) is 0 Å². The summed E-state index contributed by atoms with van der Waals surface area (Å²) in [6.07, 6.45) is 0. The first-order chi connectivity index (χ1) is 8.20. The van der Waals surface area contributed by atoms with E-state index in [0.29, 0.717) is 11.1 Å². The van der Waals surface area contributed by atoms with Crippen molar-refractivity contribution in [2.24, 2.45) is 0 Å². The van der Waals surface area contributed by atoms with E-state index >= 15 is 0 Å². The largest absolute Gasteiger partial charge is 0.289 e. The van der Waals surface area contributed by atoms with E-state index in [1.165, 1.54) is 0 Å². The summed E-state index contributed by atoms with van der Waals surface area (Å²) in [5.74, 6) is 0.0392. The van der Waals surface area contributed by atoms with Gasteiger partial charge in [0, 0.05) is 20.1 Å². The molecule has 1 nitrogen and oxygen atoms in total. The number of hydrogen-bond donors (Lipinski definition) is 0. The molecule has 0 radical (unpaired) electrons. The van der Waals surface area contributed by atoms with Gasteiger partial charge in [-0.3, -0.25) is 4.79 Å². The third kappa shape index (κ3) is 2.98. The van der Waals surface area contributed by atoms with E-state index < -0.39 is 0 Å². The Bertz CT molecular complexity index is 543. The number of carbonyl (C=O) groups excluding carboxylic acids is 1. The van der Waals surface area contributed by atoms with Crippen LogP contribution in [0.5, 0.6) is 0 Å². The molecule has 0 aliphatic heterocycles. The monoisotopic (exact) mass is 352 g/mol. The minimum Gasteiger partial charge on any atom is -0.289 e. The molecule has 2 aromatic carbocycles.